The van der Waals surface area contributed by atoms with E-state index in [0.29, 0.717) is 4.48 Å². The van der Waals surface area contributed by atoms with Gasteiger partial charge in [0.05, 0.1) is 0 Å². The third kappa shape index (κ3) is 3.39. The molecule has 0 N–H and O–H groups in total. The minimum absolute atomic E-state index is 0.586. The molecule has 0 amide bonds. The van der Waals surface area contributed by atoms with Gasteiger partial charge in [0.1, 0.15) is 4.33 Å². The van der Waals surface area contributed by atoms with Crippen LogP contribution in [-0.4, -0.2) is 4.33 Å². The number of allylic oxidation sites excluding steroid dienone is 1. The molecule has 0 nitrogen and oxygen atoms in total. The van der Waals surface area contributed by atoms with Gasteiger partial charge >= 0.3 is 0 Å². The lowest BCUT2D eigenvalue weighted by Crippen LogP contribution is -2.02. The van der Waals surface area contributed by atoms with Gasteiger partial charge in [-0.05, 0) is 6.92 Å². The molecule has 0 aliphatic heterocycles. The lowest BCUT2D eigenvalue weighted by atomic mass is 10.5. The number of halogens is 3. The van der Waals surface area contributed by atoms with Gasteiger partial charge in [-0.2, -0.15) is 0 Å². The molecule has 0 rings (SSSR count). The molecule has 0 atom stereocenters. The summed E-state index contributed by atoms with van der Waals surface area (Å²) in [6.07, 6.45) is 0. The zero-order valence-electron chi connectivity index (χ0n) is 3.84. The normalized spacial score (nSPS) is 11.4. The highest BCUT2D eigenvalue weighted by Gasteiger charge is 2.17. The highest BCUT2D eigenvalue weighted by molar-refractivity contribution is 9.11. The SMILES string of the molecule is C=C(Br)C(C)(Cl)Cl. The van der Waals surface area contributed by atoms with Crippen molar-refractivity contribution in [1.29, 1.82) is 0 Å². The van der Waals surface area contributed by atoms with Crippen LogP contribution >= 0.6 is 39.1 Å². The Morgan fingerprint density at radius 2 is 1.86 bits per heavy atom. The van der Waals surface area contributed by atoms with Crippen LogP contribution in [0.5, 0.6) is 0 Å². The summed E-state index contributed by atoms with van der Waals surface area (Å²) >= 11 is 14.0. The Labute approximate surface area is 61.6 Å². The van der Waals surface area contributed by atoms with E-state index in [1.165, 1.54) is 0 Å². The van der Waals surface area contributed by atoms with Gasteiger partial charge in [-0.3, -0.25) is 0 Å². The second-order valence-electron chi connectivity index (χ2n) is 1.29. The van der Waals surface area contributed by atoms with Gasteiger partial charge in [-0.1, -0.05) is 45.7 Å². The molecule has 0 radical (unpaired) electrons. The average molecular weight is 204 g/mol. The number of rotatable bonds is 1. The van der Waals surface area contributed by atoms with Crippen LogP contribution in [0.3, 0.4) is 0 Å². The maximum Gasteiger partial charge on any atom is 0.146 e. The van der Waals surface area contributed by atoms with Gasteiger partial charge in [0.15, 0.2) is 0 Å². The summed E-state index contributed by atoms with van der Waals surface area (Å²) in [7, 11) is 0. The lowest BCUT2D eigenvalue weighted by Gasteiger charge is -2.08. The molecule has 0 spiro atoms. The first kappa shape index (κ1) is 7.80. The molecule has 0 aliphatic carbocycles. The molecule has 0 heterocycles. The average Bonchev–Trinajstić information content (AvgIpc) is 1.31. The largest absolute Gasteiger partial charge is 0.146 e. The zero-order chi connectivity index (χ0) is 6.08. The van der Waals surface area contributed by atoms with Gasteiger partial charge < -0.3 is 0 Å². The van der Waals surface area contributed by atoms with Crippen LogP contribution in [-0.2, 0) is 0 Å². The van der Waals surface area contributed by atoms with Crippen LogP contribution in [0, 0.1) is 0 Å². The lowest BCUT2D eigenvalue weighted by molar-refractivity contribution is 1.11. The standard InChI is InChI=1S/C4H5BrCl2/c1-3(5)4(2,6)7/h1H2,2H3. The van der Waals surface area contributed by atoms with E-state index in [4.69, 9.17) is 23.2 Å². The first-order valence-electron chi connectivity index (χ1n) is 1.67. The molecule has 3 heteroatoms. The number of hydrogen-bond acceptors (Lipinski definition) is 0. The fourth-order valence-electron chi connectivity index (χ4n) is 0. The summed E-state index contributed by atoms with van der Waals surface area (Å²) in [4.78, 5) is 0. The Hall–Kier alpha value is 0.800. The predicted octanol–water partition coefficient (Wildman–Crippen LogP) is 3.09. The third-order valence-corrected chi connectivity index (χ3v) is 2.18. The molecule has 0 saturated heterocycles. The van der Waals surface area contributed by atoms with Crippen LogP contribution < -0.4 is 0 Å². The molecular formula is C4H5BrCl2. The summed E-state index contributed by atoms with van der Waals surface area (Å²) in [6, 6.07) is 0. The molecule has 0 fully saturated rings. The fraction of sp³-hybridized carbons (Fsp3) is 0.500. The van der Waals surface area contributed by atoms with Crippen molar-refractivity contribution in [2.75, 3.05) is 0 Å². The van der Waals surface area contributed by atoms with Crippen molar-refractivity contribution in [3.05, 3.63) is 11.1 Å². The van der Waals surface area contributed by atoms with E-state index in [1.54, 1.807) is 6.92 Å². The van der Waals surface area contributed by atoms with Crippen molar-refractivity contribution in [1.82, 2.24) is 0 Å². The molecule has 0 aromatic heterocycles. The highest BCUT2D eigenvalue weighted by Crippen LogP contribution is 2.31. The van der Waals surface area contributed by atoms with Crippen LogP contribution in [0.4, 0.5) is 0 Å². The van der Waals surface area contributed by atoms with Crippen molar-refractivity contribution >= 4 is 39.1 Å². The van der Waals surface area contributed by atoms with E-state index in [0.717, 1.165) is 0 Å². The second-order valence-corrected chi connectivity index (χ2v) is 3.96. The minimum Gasteiger partial charge on any atom is -0.0961 e. The van der Waals surface area contributed by atoms with E-state index in [1.807, 2.05) is 0 Å². The van der Waals surface area contributed by atoms with Crippen LogP contribution in [0.2, 0.25) is 0 Å². The second kappa shape index (κ2) is 2.38. The molecule has 0 aliphatic rings. The molecule has 0 aromatic carbocycles. The molecule has 0 aromatic rings. The van der Waals surface area contributed by atoms with Gasteiger partial charge in [0, 0.05) is 4.48 Å². The van der Waals surface area contributed by atoms with Gasteiger partial charge in [0.25, 0.3) is 0 Å². The summed E-state index contributed by atoms with van der Waals surface area (Å²) in [5, 5.41) is 0. The fourth-order valence-corrected chi connectivity index (χ4v) is 0. The molecule has 0 unspecified atom stereocenters. The first-order chi connectivity index (χ1) is 2.94. The summed E-state index contributed by atoms with van der Waals surface area (Å²) in [5.41, 5.74) is 0. The molecular weight excluding hydrogens is 199 g/mol. The highest BCUT2D eigenvalue weighted by atomic mass is 79.9. The zero-order valence-corrected chi connectivity index (χ0v) is 6.94. The topological polar surface area (TPSA) is 0 Å². The Balaban J connectivity index is 3.79. The van der Waals surface area contributed by atoms with Crippen LogP contribution in [0.15, 0.2) is 11.1 Å². The van der Waals surface area contributed by atoms with Crippen molar-refractivity contribution in [3.8, 4) is 0 Å². The van der Waals surface area contributed by atoms with Crippen LogP contribution in [0.1, 0.15) is 6.92 Å². The quantitative estimate of drug-likeness (QED) is 0.575. The van der Waals surface area contributed by atoms with E-state index in [9.17, 15) is 0 Å². The van der Waals surface area contributed by atoms with Gasteiger partial charge in [-0.15, -0.1) is 0 Å². The number of hydrogen-bond donors (Lipinski definition) is 0. The smallest absolute Gasteiger partial charge is 0.0961 e. The summed E-state index contributed by atoms with van der Waals surface area (Å²) in [5.74, 6) is 0. The van der Waals surface area contributed by atoms with E-state index in [-0.39, 0.29) is 0 Å². The molecule has 42 valence electrons. The number of alkyl halides is 2. The van der Waals surface area contributed by atoms with Crippen LogP contribution in [0.25, 0.3) is 0 Å². The maximum absolute atomic E-state index is 5.49. The predicted molar refractivity (Wildman–Crippen MR) is 38.2 cm³/mol. The summed E-state index contributed by atoms with van der Waals surface area (Å²) in [6.45, 7) is 5.13. The van der Waals surface area contributed by atoms with Crippen molar-refractivity contribution in [2.45, 2.75) is 11.3 Å². The van der Waals surface area contributed by atoms with E-state index < -0.39 is 4.33 Å². The summed E-state index contributed by atoms with van der Waals surface area (Å²) < 4.78 is -0.247. The van der Waals surface area contributed by atoms with E-state index in [2.05, 4.69) is 22.5 Å². The van der Waals surface area contributed by atoms with Gasteiger partial charge in [0.2, 0.25) is 0 Å². The van der Waals surface area contributed by atoms with Crippen molar-refractivity contribution in [2.24, 2.45) is 0 Å². The Kier molecular flexibility index (Phi) is 2.65. The first-order valence-corrected chi connectivity index (χ1v) is 3.22. The monoisotopic (exact) mass is 202 g/mol. The van der Waals surface area contributed by atoms with Crippen molar-refractivity contribution < 1.29 is 0 Å². The molecule has 0 bridgehead atoms. The Morgan fingerprint density at radius 1 is 1.71 bits per heavy atom. The third-order valence-electron chi connectivity index (χ3n) is 0.476. The molecule has 7 heavy (non-hydrogen) atoms. The Bertz CT molecular complexity index is 82.2. The van der Waals surface area contributed by atoms with Crippen molar-refractivity contribution in [3.63, 3.8) is 0 Å². The molecule has 0 saturated carbocycles. The maximum atomic E-state index is 5.49. The van der Waals surface area contributed by atoms with E-state index >= 15 is 0 Å². The van der Waals surface area contributed by atoms with Gasteiger partial charge in [-0.25, -0.2) is 0 Å². The Morgan fingerprint density at radius 3 is 1.86 bits per heavy atom. The minimum atomic E-state index is -0.833.